The molecule has 0 aromatic heterocycles. The summed E-state index contributed by atoms with van der Waals surface area (Å²) in [6.45, 7) is 3.88. The van der Waals surface area contributed by atoms with E-state index in [-0.39, 0.29) is 5.60 Å². The van der Waals surface area contributed by atoms with Crippen molar-refractivity contribution in [2.75, 3.05) is 25.2 Å². The van der Waals surface area contributed by atoms with Gasteiger partial charge in [-0.1, -0.05) is 12.1 Å². The highest BCUT2D eigenvalue weighted by Crippen LogP contribution is 2.38. The lowest BCUT2D eigenvalue weighted by Gasteiger charge is -2.38. The minimum atomic E-state index is 0.158. The highest BCUT2D eigenvalue weighted by Gasteiger charge is 2.40. The Balaban J connectivity index is 1.57. The summed E-state index contributed by atoms with van der Waals surface area (Å²) in [7, 11) is 1.74. The predicted octanol–water partition coefficient (Wildman–Crippen LogP) is 3.15. The van der Waals surface area contributed by atoms with Crippen molar-refractivity contribution in [3.8, 4) is 5.75 Å². The molecule has 0 unspecified atom stereocenters. The number of hydrogen-bond acceptors (Lipinski definition) is 4. The third kappa shape index (κ3) is 3.55. The molecule has 2 aliphatic heterocycles. The van der Waals surface area contributed by atoms with Crippen LogP contribution in [0.25, 0.3) is 0 Å². The maximum atomic E-state index is 6.08. The van der Waals surface area contributed by atoms with E-state index in [1.54, 1.807) is 7.11 Å². The fourth-order valence-corrected chi connectivity index (χ4v) is 4.68. The van der Waals surface area contributed by atoms with Crippen LogP contribution >= 0.6 is 11.8 Å². The Hall–Kier alpha value is -0.710. The maximum Gasteiger partial charge on any atom is 0.122 e. The summed E-state index contributed by atoms with van der Waals surface area (Å²) in [5.41, 5.74) is 2.64. The third-order valence-electron chi connectivity index (χ3n) is 4.63. The molecule has 0 amide bonds. The second kappa shape index (κ2) is 6.59. The lowest BCUT2D eigenvalue weighted by molar-refractivity contribution is -0.0703. The van der Waals surface area contributed by atoms with Crippen molar-refractivity contribution in [2.24, 2.45) is 0 Å². The largest absolute Gasteiger partial charge is 0.496 e. The average Bonchev–Trinajstić information content (AvgIpc) is 2.94. The van der Waals surface area contributed by atoms with E-state index in [1.165, 1.54) is 29.1 Å². The van der Waals surface area contributed by atoms with Crippen LogP contribution in [0, 0.1) is 6.92 Å². The standard InChI is InChI=1S/C17H25NO2S/c1-13-3-4-14(9-16(13)19-2)11-18-15-5-7-20-17(10-15)6-8-21-12-17/h3-4,9,15,18H,5-8,10-12H2,1-2H3/t15-,17+/m1/s1. The smallest absolute Gasteiger partial charge is 0.122 e. The first-order chi connectivity index (χ1) is 10.2. The molecule has 3 nitrogen and oxygen atoms in total. The van der Waals surface area contributed by atoms with Crippen molar-refractivity contribution in [1.82, 2.24) is 5.32 Å². The zero-order chi connectivity index (χ0) is 14.7. The van der Waals surface area contributed by atoms with Crippen LogP contribution in [-0.4, -0.2) is 36.9 Å². The fraction of sp³-hybridized carbons (Fsp3) is 0.647. The van der Waals surface area contributed by atoms with Gasteiger partial charge >= 0.3 is 0 Å². The Bertz CT molecular complexity index is 486. The number of hydrogen-bond donors (Lipinski definition) is 1. The molecule has 1 aromatic carbocycles. The minimum Gasteiger partial charge on any atom is -0.496 e. The van der Waals surface area contributed by atoms with Gasteiger partial charge in [-0.05, 0) is 49.1 Å². The van der Waals surface area contributed by atoms with Crippen LogP contribution in [0.3, 0.4) is 0 Å². The summed E-state index contributed by atoms with van der Waals surface area (Å²) in [6.07, 6.45) is 3.49. The van der Waals surface area contributed by atoms with Gasteiger partial charge in [0, 0.05) is 24.9 Å². The molecule has 2 saturated heterocycles. The molecule has 116 valence electrons. The summed E-state index contributed by atoms with van der Waals surface area (Å²) in [6, 6.07) is 7.04. The van der Waals surface area contributed by atoms with E-state index in [9.17, 15) is 0 Å². The molecule has 0 radical (unpaired) electrons. The van der Waals surface area contributed by atoms with Gasteiger partial charge in [0.15, 0.2) is 0 Å². The summed E-state index contributed by atoms with van der Waals surface area (Å²) < 4.78 is 11.5. The minimum absolute atomic E-state index is 0.158. The van der Waals surface area contributed by atoms with E-state index in [4.69, 9.17) is 9.47 Å². The molecular weight excluding hydrogens is 282 g/mol. The first kappa shape index (κ1) is 15.2. The van der Waals surface area contributed by atoms with E-state index >= 15 is 0 Å². The van der Waals surface area contributed by atoms with Crippen molar-refractivity contribution in [2.45, 2.75) is 44.4 Å². The van der Waals surface area contributed by atoms with Crippen LogP contribution in [-0.2, 0) is 11.3 Å². The van der Waals surface area contributed by atoms with Gasteiger partial charge in [-0.2, -0.15) is 11.8 Å². The predicted molar refractivity (Wildman–Crippen MR) is 88.2 cm³/mol. The van der Waals surface area contributed by atoms with E-state index in [0.717, 1.165) is 31.7 Å². The van der Waals surface area contributed by atoms with E-state index in [0.29, 0.717) is 6.04 Å². The Morgan fingerprint density at radius 2 is 2.38 bits per heavy atom. The van der Waals surface area contributed by atoms with Crippen LogP contribution in [0.4, 0.5) is 0 Å². The zero-order valence-corrected chi connectivity index (χ0v) is 13.8. The molecule has 0 saturated carbocycles. The average molecular weight is 307 g/mol. The SMILES string of the molecule is COc1cc(CN[C@@H]2CCO[C@@]3(CCSC3)C2)ccc1C. The molecule has 2 atom stereocenters. The van der Waals surface area contributed by atoms with Gasteiger partial charge in [-0.25, -0.2) is 0 Å². The topological polar surface area (TPSA) is 30.5 Å². The molecule has 1 N–H and O–H groups in total. The van der Waals surface area contributed by atoms with Crippen LogP contribution in [0.2, 0.25) is 0 Å². The first-order valence-corrected chi connectivity index (χ1v) is 8.95. The summed E-state index contributed by atoms with van der Waals surface area (Å²) in [4.78, 5) is 0. The number of ether oxygens (including phenoxy) is 2. The van der Waals surface area contributed by atoms with Crippen molar-refractivity contribution in [3.63, 3.8) is 0 Å². The third-order valence-corrected chi connectivity index (χ3v) is 5.85. The summed E-state index contributed by atoms with van der Waals surface area (Å²) >= 11 is 2.03. The second-order valence-corrected chi connectivity index (χ2v) is 7.31. The number of thioether (sulfide) groups is 1. The van der Waals surface area contributed by atoms with Crippen molar-refractivity contribution < 1.29 is 9.47 Å². The normalized spacial score (nSPS) is 29.0. The highest BCUT2D eigenvalue weighted by molar-refractivity contribution is 7.99. The molecule has 21 heavy (non-hydrogen) atoms. The molecule has 1 aromatic rings. The Morgan fingerprint density at radius 3 is 3.14 bits per heavy atom. The number of methoxy groups -OCH3 is 1. The molecule has 0 bridgehead atoms. The Labute approximate surface area is 131 Å². The number of rotatable bonds is 4. The molecule has 2 fully saturated rings. The highest BCUT2D eigenvalue weighted by atomic mass is 32.2. The van der Waals surface area contributed by atoms with Gasteiger partial charge in [0.1, 0.15) is 5.75 Å². The summed E-state index contributed by atoms with van der Waals surface area (Å²) in [5, 5.41) is 3.72. The molecule has 2 heterocycles. The lowest BCUT2D eigenvalue weighted by atomic mass is 9.90. The Morgan fingerprint density at radius 1 is 1.48 bits per heavy atom. The molecule has 4 heteroatoms. The maximum absolute atomic E-state index is 6.08. The summed E-state index contributed by atoms with van der Waals surface area (Å²) in [5.74, 6) is 3.40. The molecule has 3 rings (SSSR count). The molecular formula is C17H25NO2S. The fourth-order valence-electron chi connectivity index (χ4n) is 3.30. The van der Waals surface area contributed by atoms with E-state index in [2.05, 4.69) is 30.4 Å². The van der Waals surface area contributed by atoms with Gasteiger partial charge in [0.05, 0.1) is 12.7 Å². The zero-order valence-electron chi connectivity index (χ0n) is 13.0. The second-order valence-electron chi connectivity index (χ2n) is 6.21. The van der Waals surface area contributed by atoms with Gasteiger partial charge in [-0.15, -0.1) is 0 Å². The first-order valence-electron chi connectivity index (χ1n) is 7.79. The molecule has 0 aliphatic carbocycles. The van der Waals surface area contributed by atoms with Crippen LogP contribution in [0.1, 0.15) is 30.4 Å². The number of benzene rings is 1. The van der Waals surface area contributed by atoms with Crippen LogP contribution < -0.4 is 10.1 Å². The van der Waals surface area contributed by atoms with Gasteiger partial charge in [0.2, 0.25) is 0 Å². The van der Waals surface area contributed by atoms with Crippen molar-refractivity contribution in [1.29, 1.82) is 0 Å². The van der Waals surface area contributed by atoms with E-state index < -0.39 is 0 Å². The van der Waals surface area contributed by atoms with E-state index in [1.807, 2.05) is 11.8 Å². The molecule has 1 spiro atoms. The van der Waals surface area contributed by atoms with Crippen molar-refractivity contribution >= 4 is 11.8 Å². The van der Waals surface area contributed by atoms with Gasteiger partial charge < -0.3 is 14.8 Å². The Kier molecular flexibility index (Phi) is 4.77. The number of nitrogens with one attached hydrogen (secondary N) is 1. The van der Waals surface area contributed by atoms with Gasteiger partial charge in [-0.3, -0.25) is 0 Å². The number of aryl methyl sites for hydroxylation is 1. The van der Waals surface area contributed by atoms with Crippen LogP contribution in [0.5, 0.6) is 5.75 Å². The van der Waals surface area contributed by atoms with Crippen molar-refractivity contribution in [3.05, 3.63) is 29.3 Å². The quantitative estimate of drug-likeness (QED) is 0.925. The molecule has 2 aliphatic rings. The van der Waals surface area contributed by atoms with Gasteiger partial charge in [0.25, 0.3) is 0 Å². The van der Waals surface area contributed by atoms with Crippen LogP contribution in [0.15, 0.2) is 18.2 Å². The monoisotopic (exact) mass is 307 g/mol. The lowest BCUT2D eigenvalue weighted by Crippen LogP contribution is -2.47.